The second kappa shape index (κ2) is 7.71. The number of carbonyl (C=O) groups is 1. The summed E-state index contributed by atoms with van der Waals surface area (Å²) in [6.45, 7) is 1.33. The Morgan fingerprint density at radius 2 is 1.66 bits per heavy atom. The lowest BCUT2D eigenvalue weighted by Gasteiger charge is -2.48. The van der Waals surface area contributed by atoms with Gasteiger partial charge in [-0.1, -0.05) is 48.5 Å². The van der Waals surface area contributed by atoms with E-state index in [4.69, 9.17) is 4.74 Å². The summed E-state index contributed by atoms with van der Waals surface area (Å²) < 4.78 is 5.47. The zero-order valence-electron chi connectivity index (χ0n) is 17.6. The van der Waals surface area contributed by atoms with E-state index in [1.165, 1.54) is 5.56 Å². The molecule has 2 fully saturated rings. The predicted molar refractivity (Wildman–Crippen MR) is 115 cm³/mol. The van der Waals surface area contributed by atoms with Crippen molar-refractivity contribution in [2.75, 3.05) is 27.7 Å². The third kappa shape index (κ3) is 3.60. The fourth-order valence-electron chi connectivity index (χ4n) is 5.12. The summed E-state index contributed by atoms with van der Waals surface area (Å²) in [4.78, 5) is 17.1. The van der Waals surface area contributed by atoms with Gasteiger partial charge in [0.2, 0.25) is 0 Å². The number of nitrogens with zero attached hydrogens (tertiary/aromatic N) is 2. The molecule has 4 rings (SSSR count). The van der Waals surface area contributed by atoms with Crippen LogP contribution in [0.5, 0.6) is 5.75 Å². The minimum Gasteiger partial charge on any atom is -0.496 e. The molecule has 29 heavy (non-hydrogen) atoms. The number of hydrogen-bond donors (Lipinski definition) is 1. The van der Waals surface area contributed by atoms with Crippen LogP contribution in [-0.2, 0) is 12.1 Å². The highest BCUT2D eigenvalue weighted by atomic mass is 16.5. The maximum atomic E-state index is 12.8. The van der Waals surface area contributed by atoms with Crippen molar-refractivity contribution >= 4 is 6.03 Å². The van der Waals surface area contributed by atoms with Crippen LogP contribution in [0.4, 0.5) is 4.79 Å². The first-order valence-electron chi connectivity index (χ1n) is 10.4. The minimum atomic E-state index is -0.132. The van der Waals surface area contributed by atoms with E-state index in [1.54, 1.807) is 7.11 Å². The maximum Gasteiger partial charge on any atom is 0.318 e. The molecule has 2 aromatic rings. The molecule has 2 amide bonds. The fourth-order valence-corrected chi connectivity index (χ4v) is 5.12. The van der Waals surface area contributed by atoms with E-state index < -0.39 is 0 Å². The van der Waals surface area contributed by atoms with Crippen LogP contribution in [-0.4, -0.2) is 49.1 Å². The zero-order valence-corrected chi connectivity index (χ0v) is 17.6. The number of benzene rings is 2. The highest BCUT2D eigenvalue weighted by molar-refractivity contribution is 5.78. The second-order valence-electron chi connectivity index (χ2n) is 8.67. The summed E-state index contributed by atoms with van der Waals surface area (Å²) in [7, 11) is 6.02. The first-order chi connectivity index (χ1) is 14.0. The van der Waals surface area contributed by atoms with Crippen LogP contribution in [0, 0.1) is 0 Å². The molecule has 1 aliphatic carbocycles. The number of rotatable bonds is 5. The van der Waals surface area contributed by atoms with Crippen LogP contribution in [0.15, 0.2) is 54.6 Å². The van der Waals surface area contributed by atoms with Crippen molar-refractivity contribution in [3.8, 4) is 5.75 Å². The van der Waals surface area contributed by atoms with E-state index in [0.29, 0.717) is 6.54 Å². The smallest absolute Gasteiger partial charge is 0.318 e. The first-order valence-corrected chi connectivity index (χ1v) is 10.4. The van der Waals surface area contributed by atoms with E-state index in [1.807, 2.05) is 29.2 Å². The maximum absolute atomic E-state index is 12.8. The standard InChI is InChI=1S/C24H31N3O2/c1-26(2)24(20-10-5-4-6-11-20)15-13-23(14-16-24)18-27(22(28)25-23)17-19-9-7-8-12-21(19)29-3/h4-12H,13-18H2,1-3H3,(H,25,28). The van der Waals surface area contributed by atoms with Crippen LogP contribution < -0.4 is 10.1 Å². The Morgan fingerprint density at radius 1 is 1.00 bits per heavy atom. The number of carbonyl (C=O) groups excluding carboxylic acids is 1. The summed E-state index contributed by atoms with van der Waals surface area (Å²) in [5, 5.41) is 3.33. The van der Waals surface area contributed by atoms with Gasteiger partial charge in [0.25, 0.3) is 0 Å². The molecule has 1 heterocycles. The van der Waals surface area contributed by atoms with Gasteiger partial charge in [-0.05, 0) is 51.4 Å². The molecule has 5 heteroatoms. The van der Waals surface area contributed by atoms with E-state index in [0.717, 1.165) is 43.5 Å². The summed E-state index contributed by atoms with van der Waals surface area (Å²) in [6.07, 6.45) is 4.03. The molecular formula is C24H31N3O2. The van der Waals surface area contributed by atoms with Crippen LogP contribution >= 0.6 is 0 Å². The number of urea groups is 1. The van der Waals surface area contributed by atoms with Crippen molar-refractivity contribution in [1.29, 1.82) is 0 Å². The third-order valence-corrected chi connectivity index (χ3v) is 6.91. The molecule has 1 aliphatic heterocycles. The summed E-state index contributed by atoms with van der Waals surface area (Å²) in [5.41, 5.74) is 2.32. The van der Waals surface area contributed by atoms with Crippen molar-refractivity contribution in [2.45, 2.75) is 43.3 Å². The molecule has 2 aliphatic rings. The molecule has 0 atom stereocenters. The molecule has 1 saturated carbocycles. The first kappa shape index (κ1) is 19.8. The van der Waals surface area contributed by atoms with Gasteiger partial charge in [-0.2, -0.15) is 0 Å². The van der Waals surface area contributed by atoms with E-state index in [2.05, 4.69) is 54.6 Å². The topological polar surface area (TPSA) is 44.8 Å². The zero-order chi connectivity index (χ0) is 20.5. The molecule has 5 nitrogen and oxygen atoms in total. The van der Waals surface area contributed by atoms with Gasteiger partial charge in [-0.15, -0.1) is 0 Å². The summed E-state index contributed by atoms with van der Waals surface area (Å²) in [6, 6.07) is 18.8. The Kier molecular flexibility index (Phi) is 5.26. The third-order valence-electron chi connectivity index (χ3n) is 6.91. The van der Waals surface area contributed by atoms with Crippen molar-refractivity contribution in [3.63, 3.8) is 0 Å². The van der Waals surface area contributed by atoms with Crippen LogP contribution in [0.1, 0.15) is 36.8 Å². The number of hydrogen-bond acceptors (Lipinski definition) is 3. The average molecular weight is 394 g/mol. The van der Waals surface area contributed by atoms with Gasteiger partial charge in [0.05, 0.1) is 19.2 Å². The molecule has 1 saturated heterocycles. The van der Waals surface area contributed by atoms with Gasteiger partial charge >= 0.3 is 6.03 Å². The largest absolute Gasteiger partial charge is 0.496 e. The molecule has 1 N–H and O–H groups in total. The lowest BCUT2D eigenvalue weighted by molar-refractivity contribution is 0.0617. The highest BCUT2D eigenvalue weighted by Crippen LogP contribution is 2.46. The van der Waals surface area contributed by atoms with Crippen molar-refractivity contribution in [3.05, 3.63) is 65.7 Å². The van der Waals surface area contributed by atoms with Gasteiger partial charge in [0, 0.05) is 17.6 Å². The Hall–Kier alpha value is -2.53. The second-order valence-corrected chi connectivity index (χ2v) is 8.67. The molecule has 154 valence electrons. The molecule has 1 spiro atoms. The summed E-state index contributed by atoms with van der Waals surface area (Å²) >= 11 is 0. The Morgan fingerprint density at radius 3 is 2.31 bits per heavy atom. The number of nitrogens with one attached hydrogen (secondary N) is 1. The lowest BCUT2D eigenvalue weighted by Crippen LogP contribution is -2.54. The number of methoxy groups -OCH3 is 1. The van der Waals surface area contributed by atoms with Crippen molar-refractivity contribution < 1.29 is 9.53 Å². The molecule has 0 unspecified atom stereocenters. The normalized spacial score (nSPS) is 26.8. The summed E-state index contributed by atoms with van der Waals surface area (Å²) in [5.74, 6) is 0.834. The van der Waals surface area contributed by atoms with E-state index in [-0.39, 0.29) is 17.1 Å². The molecule has 0 bridgehead atoms. The predicted octanol–water partition coefficient (Wildman–Crippen LogP) is 3.99. The Labute approximate surface area is 173 Å². The number of para-hydroxylation sites is 1. The lowest BCUT2D eigenvalue weighted by atomic mass is 9.69. The Bertz CT molecular complexity index is 857. The Balaban J connectivity index is 1.49. The molecule has 0 aromatic heterocycles. The molecular weight excluding hydrogens is 362 g/mol. The van der Waals surface area contributed by atoms with Gasteiger partial charge in [-0.25, -0.2) is 4.79 Å². The van der Waals surface area contributed by atoms with Crippen LogP contribution in [0.2, 0.25) is 0 Å². The molecule has 2 aromatic carbocycles. The van der Waals surface area contributed by atoms with Gasteiger partial charge < -0.3 is 15.0 Å². The SMILES string of the molecule is COc1ccccc1CN1CC2(CCC(c3ccccc3)(N(C)C)CC2)NC1=O. The van der Waals surface area contributed by atoms with Crippen LogP contribution in [0.25, 0.3) is 0 Å². The van der Waals surface area contributed by atoms with Crippen LogP contribution in [0.3, 0.4) is 0 Å². The number of ether oxygens (including phenoxy) is 1. The minimum absolute atomic E-state index is 0.0350. The van der Waals surface area contributed by atoms with E-state index in [9.17, 15) is 4.79 Å². The number of amides is 2. The van der Waals surface area contributed by atoms with Crippen molar-refractivity contribution in [2.24, 2.45) is 0 Å². The van der Waals surface area contributed by atoms with E-state index >= 15 is 0 Å². The highest BCUT2D eigenvalue weighted by Gasteiger charge is 2.49. The monoisotopic (exact) mass is 393 g/mol. The van der Waals surface area contributed by atoms with Gasteiger partial charge in [0.1, 0.15) is 5.75 Å². The molecule has 0 radical (unpaired) electrons. The average Bonchev–Trinajstić information content (AvgIpc) is 3.04. The van der Waals surface area contributed by atoms with Gasteiger partial charge in [0.15, 0.2) is 0 Å². The fraction of sp³-hybridized carbons (Fsp3) is 0.458. The quantitative estimate of drug-likeness (QED) is 0.835. The van der Waals surface area contributed by atoms with Crippen molar-refractivity contribution in [1.82, 2.24) is 15.1 Å². The van der Waals surface area contributed by atoms with Gasteiger partial charge in [-0.3, -0.25) is 4.90 Å².